The van der Waals surface area contributed by atoms with Crippen molar-refractivity contribution >= 4 is 22.6 Å². The van der Waals surface area contributed by atoms with Crippen molar-refractivity contribution in [1.82, 2.24) is 9.88 Å². The highest BCUT2D eigenvalue weighted by molar-refractivity contribution is 6.06. The number of rotatable bonds is 2. The summed E-state index contributed by atoms with van der Waals surface area (Å²) in [5, 5.41) is 0.834. The minimum Gasteiger partial charge on any atom is -0.366 e. The lowest BCUT2D eigenvalue weighted by Crippen LogP contribution is -2.44. The number of primary amides is 1. The number of anilines is 1. The number of aromatic nitrogens is 1. The zero-order valence-corrected chi connectivity index (χ0v) is 12.5. The van der Waals surface area contributed by atoms with E-state index in [-0.39, 0.29) is 0 Å². The number of piperazine rings is 1. The molecule has 0 aliphatic carbocycles. The van der Waals surface area contributed by atoms with Crippen LogP contribution in [0.3, 0.4) is 0 Å². The van der Waals surface area contributed by atoms with Gasteiger partial charge >= 0.3 is 0 Å². The Morgan fingerprint density at radius 1 is 1.24 bits per heavy atom. The highest BCUT2D eigenvalue weighted by atomic mass is 16.1. The molecule has 2 heterocycles. The normalized spacial score (nSPS) is 16.4. The average molecular weight is 284 g/mol. The first kappa shape index (κ1) is 13.8. The number of hydrogen-bond donors (Lipinski definition) is 1. The van der Waals surface area contributed by atoms with Crippen LogP contribution in [0.1, 0.15) is 15.9 Å². The van der Waals surface area contributed by atoms with Crippen LogP contribution in [0.15, 0.2) is 24.3 Å². The van der Waals surface area contributed by atoms with E-state index in [4.69, 9.17) is 10.7 Å². The van der Waals surface area contributed by atoms with Crippen LogP contribution >= 0.6 is 0 Å². The Morgan fingerprint density at radius 2 is 1.95 bits per heavy atom. The topological polar surface area (TPSA) is 62.5 Å². The highest BCUT2D eigenvalue weighted by Gasteiger charge is 2.18. The molecule has 2 aromatic rings. The lowest BCUT2D eigenvalue weighted by atomic mass is 10.0. The molecule has 1 aliphatic rings. The van der Waals surface area contributed by atoms with Crippen molar-refractivity contribution in [3.8, 4) is 0 Å². The summed E-state index contributed by atoms with van der Waals surface area (Å²) in [5.74, 6) is 0.446. The van der Waals surface area contributed by atoms with Crippen molar-refractivity contribution in [2.75, 3.05) is 38.1 Å². The van der Waals surface area contributed by atoms with Crippen LogP contribution in [0.25, 0.3) is 10.9 Å². The van der Waals surface area contributed by atoms with Gasteiger partial charge < -0.3 is 15.5 Å². The number of carbonyl (C=O) groups is 1. The predicted octanol–water partition coefficient (Wildman–Crippen LogP) is 1.39. The highest BCUT2D eigenvalue weighted by Crippen LogP contribution is 2.25. The smallest absolute Gasteiger partial charge is 0.249 e. The van der Waals surface area contributed by atoms with Gasteiger partial charge in [-0.1, -0.05) is 18.2 Å². The van der Waals surface area contributed by atoms with Gasteiger partial charge in [-0.2, -0.15) is 0 Å². The Labute approximate surface area is 124 Å². The SMILES string of the molecule is Cc1cccc2c(C(N)=O)cc(N3CCN(C)CC3)nc12. The van der Waals surface area contributed by atoms with Crippen molar-refractivity contribution in [2.24, 2.45) is 5.73 Å². The van der Waals surface area contributed by atoms with E-state index < -0.39 is 5.91 Å². The van der Waals surface area contributed by atoms with Crippen LogP contribution in [-0.2, 0) is 0 Å². The number of nitrogens with zero attached hydrogens (tertiary/aromatic N) is 3. The third-order valence-corrected chi connectivity index (χ3v) is 4.12. The number of pyridine rings is 1. The fraction of sp³-hybridized carbons (Fsp3) is 0.375. The molecule has 0 unspecified atom stereocenters. The number of nitrogens with two attached hydrogens (primary N) is 1. The summed E-state index contributed by atoms with van der Waals surface area (Å²) in [6, 6.07) is 7.67. The molecule has 1 amide bonds. The van der Waals surface area contributed by atoms with Crippen LogP contribution in [-0.4, -0.2) is 49.0 Å². The molecule has 1 fully saturated rings. The Kier molecular flexibility index (Phi) is 3.51. The fourth-order valence-corrected chi connectivity index (χ4v) is 2.78. The second-order valence-electron chi connectivity index (χ2n) is 5.65. The van der Waals surface area contributed by atoms with Crippen LogP contribution in [0.2, 0.25) is 0 Å². The molecule has 0 saturated carbocycles. The Balaban J connectivity index is 2.11. The second-order valence-corrected chi connectivity index (χ2v) is 5.65. The minimum atomic E-state index is -0.400. The number of fused-ring (bicyclic) bond motifs is 1. The van der Waals surface area contributed by atoms with Crippen molar-refractivity contribution < 1.29 is 4.79 Å². The van der Waals surface area contributed by atoms with E-state index in [1.807, 2.05) is 31.2 Å². The van der Waals surface area contributed by atoms with E-state index in [2.05, 4.69) is 16.8 Å². The first-order valence-electron chi connectivity index (χ1n) is 7.20. The van der Waals surface area contributed by atoms with E-state index in [1.165, 1.54) is 0 Å². The third kappa shape index (κ3) is 2.56. The molecular formula is C16H20N4O. The van der Waals surface area contributed by atoms with E-state index >= 15 is 0 Å². The van der Waals surface area contributed by atoms with E-state index in [0.29, 0.717) is 5.56 Å². The minimum absolute atomic E-state index is 0.400. The molecule has 110 valence electrons. The fourth-order valence-electron chi connectivity index (χ4n) is 2.78. The summed E-state index contributed by atoms with van der Waals surface area (Å²) < 4.78 is 0. The van der Waals surface area contributed by atoms with Crippen LogP contribution < -0.4 is 10.6 Å². The van der Waals surface area contributed by atoms with Gasteiger partial charge in [0, 0.05) is 31.6 Å². The number of aryl methyl sites for hydroxylation is 1. The predicted molar refractivity (Wildman–Crippen MR) is 84.7 cm³/mol. The molecule has 0 radical (unpaired) electrons. The summed E-state index contributed by atoms with van der Waals surface area (Å²) >= 11 is 0. The molecular weight excluding hydrogens is 264 g/mol. The molecule has 3 rings (SSSR count). The van der Waals surface area contributed by atoms with Gasteiger partial charge in [0.1, 0.15) is 5.82 Å². The van der Waals surface area contributed by atoms with Crippen molar-refractivity contribution in [3.63, 3.8) is 0 Å². The van der Waals surface area contributed by atoms with Gasteiger partial charge in [-0.3, -0.25) is 4.79 Å². The van der Waals surface area contributed by atoms with E-state index in [1.54, 1.807) is 0 Å². The van der Waals surface area contributed by atoms with Gasteiger partial charge in [0.25, 0.3) is 0 Å². The van der Waals surface area contributed by atoms with E-state index in [9.17, 15) is 4.79 Å². The van der Waals surface area contributed by atoms with Crippen LogP contribution in [0.5, 0.6) is 0 Å². The number of benzene rings is 1. The lowest BCUT2D eigenvalue weighted by molar-refractivity contribution is 0.100. The number of amides is 1. The van der Waals surface area contributed by atoms with Gasteiger partial charge in [-0.05, 0) is 25.6 Å². The molecule has 1 aliphatic heterocycles. The van der Waals surface area contributed by atoms with Crippen LogP contribution in [0, 0.1) is 6.92 Å². The number of hydrogen-bond acceptors (Lipinski definition) is 4. The molecule has 0 spiro atoms. The molecule has 0 atom stereocenters. The molecule has 5 nitrogen and oxygen atoms in total. The monoisotopic (exact) mass is 284 g/mol. The first-order chi connectivity index (χ1) is 10.1. The zero-order valence-electron chi connectivity index (χ0n) is 12.5. The van der Waals surface area contributed by atoms with Gasteiger partial charge in [0.15, 0.2) is 0 Å². The number of para-hydroxylation sites is 1. The Morgan fingerprint density at radius 3 is 2.62 bits per heavy atom. The molecule has 5 heteroatoms. The maximum absolute atomic E-state index is 11.8. The van der Waals surface area contributed by atoms with Crippen molar-refractivity contribution in [1.29, 1.82) is 0 Å². The van der Waals surface area contributed by atoms with Gasteiger partial charge in [-0.15, -0.1) is 0 Å². The Bertz CT molecular complexity index is 690. The molecule has 1 aromatic carbocycles. The summed E-state index contributed by atoms with van der Waals surface area (Å²) in [7, 11) is 2.12. The maximum atomic E-state index is 11.8. The van der Waals surface area contributed by atoms with E-state index in [0.717, 1.165) is 48.5 Å². The lowest BCUT2D eigenvalue weighted by Gasteiger charge is -2.33. The third-order valence-electron chi connectivity index (χ3n) is 4.12. The molecule has 0 bridgehead atoms. The molecule has 2 N–H and O–H groups in total. The Hall–Kier alpha value is -2.14. The summed E-state index contributed by atoms with van der Waals surface area (Å²) in [6.45, 7) is 5.84. The molecule has 1 aromatic heterocycles. The van der Waals surface area contributed by atoms with Crippen molar-refractivity contribution in [2.45, 2.75) is 6.92 Å². The average Bonchev–Trinajstić information content (AvgIpc) is 2.47. The van der Waals surface area contributed by atoms with Gasteiger partial charge in [0.2, 0.25) is 5.91 Å². The van der Waals surface area contributed by atoms with Gasteiger partial charge in [-0.25, -0.2) is 4.98 Å². The summed E-state index contributed by atoms with van der Waals surface area (Å²) in [5.41, 5.74) is 8.04. The summed E-state index contributed by atoms with van der Waals surface area (Å²) in [4.78, 5) is 21.1. The largest absolute Gasteiger partial charge is 0.366 e. The zero-order chi connectivity index (χ0) is 15.0. The van der Waals surface area contributed by atoms with Gasteiger partial charge in [0.05, 0.1) is 11.1 Å². The quantitative estimate of drug-likeness (QED) is 0.905. The number of likely N-dealkylation sites (N-methyl/N-ethyl adjacent to an activating group) is 1. The van der Waals surface area contributed by atoms with Crippen molar-refractivity contribution in [3.05, 3.63) is 35.4 Å². The second kappa shape index (κ2) is 5.33. The number of carbonyl (C=O) groups excluding carboxylic acids is 1. The maximum Gasteiger partial charge on any atom is 0.249 e. The standard InChI is InChI=1S/C16H20N4O/c1-11-4-3-5-12-13(16(17)21)10-14(18-15(11)12)20-8-6-19(2)7-9-20/h3-5,10H,6-9H2,1-2H3,(H2,17,21). The van der Waals surface area contributed by atoms with Crippen LogP contribution in [0.4, 0.5) is 5.82 Å². The molecule has 21 heavy (non-hydrogen) atoms. The summed E-state index contributed by atoms with van der Waals surface area (Å²) in [6.07, 6.45) is 0. The molecule has 1 saturated heterocycles. The first-order valence-corrected chi connectivity index (χ1v) is 7.20.